The van der Waals surface area contributed by atoms with Gasteiger partial charge in [0.05, 0.1) is 0 Å². The summed E-state index contributed by atoms with van der Waals surface area (Å²) in [5.74, 6) is 1.14. The number of fused-ring (bicyclic) bond motifs is 1. The second-order valence-electron chi connectivity index (χ2n) is 7.29. The van der Waals surface area contributed by atoms with Crippen LogP contribution in [-0.2, 0) is 6.42 Å². The van der Waals surface area contributed by atoms with Gasteiger partial charge in [0.2, 0.25) is 0 Å². The molecule has 0 atom stereocenters. The van der Waals surface area contributed by atoms with Crippen LogP contribution < -0.4 is 10.3 Å². The van der Waals surface area contributed by atoms with Gasteiger partial charge in [-0.05, 0) is 31.0 Å². The van der Waals surface area contributed by atoms with Crippen LogP contribution in [0.2, 0.25) is 18.1 Å². The fourth-order valence-corrected chi connectivity index (χ4v) is 2.87. The molecule has 0 aliphatic rings. The van der Waals surface area contributed by atoms with Gasteiger partial charge in [-0.2, -0.15) is 4.73 Å². The minimum atomic E-state index is -2.05. The van der Waals surface area contributed by atoms with Gasteiger partial charge in [-0.25, -0.2) is 15.0 Å². The summed E-state index contributed by atoms with van der Waals surface area (Å²) in [7, 11) is -2.05. The Bertz CT molecular complexity index is 678. The number of aliphatic hydroxyl groups excluding tert-OH is 1. The van der Waals surface area contributed by atoms with Gasteiger partial charge in [0, 0.05) is 13.0 Å². The molecule has 0 aliphatic carbocycles. The zero-order chi connectivity index (χ0) is 17.3. The average Bonchev–Trinajstić information content (AvgIpc) is 2.77. The molecule has 128 valence electrons. The highest BCUT2D eigenvalue weighted by molar-refractivity contribution is 6.74. The number of aromatic nitrogens is 4. The average molecular weight is 338 g/mol. The van der Waals surface area contributed by atoms with Crippen LogP contribution >= 0.6 is 0 Å². The van der Waals surface area contributed by atoms with Gasteiger partial charge in [-0.3, -0.25) is 0 Å². The molecule has 0 aliphatic heterocycles. The maximum Gasteiger partial charge on any atom is 0.284 e. The lowest BCUT2D eigenvalue weighted by Gasteiger charge is -2.36. The number of hydrogen-bond donors (Lipinski definition) is 2. The van der Waals surface area contributed by atoms with Gasteiger partial charge >= 0.3 is 0 Å². The SMILES string of the molecule is CC(C)(C)[Si](C)(C)On1c(CCCCO)nc2c(N)ncnc21. The van der Waals surface area contributed by atoms with Gasteiger partial charge in [0.1, 0.15) is 12.2 Å². The Hall–Kier alpha value is -1.67. The first-order chi connectivity index (χ1) is 10.7. The smallest absolute Gasteiger partial charge is 0.284 e. The number of aryl methyl sites for hydroxylation is 1. The highest BCUT2D eigenvalue weighted by atomic mass is 28.4. The second-order valence-corrected chi connectivity index (χ2v) is 12.0. The van der Waals surface area contributed by atoms with Gasteiger partial charge in [0.15, 0.2) is 17.0 Å². The van der Waals surface area contributed by atoms with Crippen LogP contribution in [0.3, 0.4) is 0 Å². The van der Waals surface area contributed by atoms with Crippen molar-refractivity contribution in [3.05, 3.63) is 12.2 Å². The number of rotatable bonds is 6. The maximum atomic E-state index is 9.00. The van der Waals surface area contributed by atoms with Gasteiger partial charge in [0.25, 0.3) is 8.32 Å². The fourth-order valence-electron chi connectivity index (χ4n) is 1.95. The van der Waals surface area contributed by atoms with E-state index >= 15 is 0 Å². The van der Waals surface area contributed by atoms with Crippen molar-refractivity contribution in [2.45, 2.75) is 58.2 Å². The molecule has 0 amide bonds. The third-order valence-electron chi connectivity index (χ3n) is 4.43. The molecule has 0 saturated carbocycles. The molecule has 0 radical (unpaired) electrons. The molecule has 0 spiro atoms. The minimum absolute atomic E-state index is 0.0601. The Labute approximate surface area is 138 Å². The first kappa shape index (κ1) is 17.7. The van der Waals surface area contributed by atoms with Crippen LogP contribution in [-0.4, -0.2) is 39.7 Å². The van der Waals surface area contributed by atoms with E-state index in [1.165, 1.54) is 6.33 Å². The van der Waals surface area contributed by atoms with Crippen molar-refractivity contribution in [1.29, 1.82) is 0 Å². The molecule has 2 rings (SSSR count). The first-order valence-corrected chi connectivity index (χ1v) is 10.9. The number of unbranched alkanes of at least 4 members (excludes halogenated alkanes) is 1. The van der Waals surface area contributed by atoms with Crippen molar-refractivity contribution in [3.63, 3.8) is 0 Å². The van der Waals surface area contributed by atoms with E-state index in [4.69, 9.17) is 15.4 Å². The van der Waals surface area contributed by atoms with Gasteiger partial charge < -0.3 is 15.4 Å². The van der Waals surface area contributed by atoms with E-state index in [0.29, 0.717) is 23.4 Å². The first-order valence-electron chi connectivity index (χ1n) is 7.95. The maximum absolute atomic E-state index is 9.00. The van der Waals surface area contributed by atoms with E-state index in [2.05, 4.69) is 48.8 Å². The summed E-state index contributed by atoms with van der Waals surface area (Å²) in [4.78, 5) is 12.9. The van der Waals surface area contributed by atoms with Crippen LogP contribution in [0.4, 0.5) is 5.82 Å². The summed E-state index contributed by atoms with van der Waals surface area (Å²) in [6.45, 7) is 11.1. The third-order valence-corrected chi connectivity index (χ3v) is 8.68. The van der Waals surface area contributed by atoms with Crippen LogP contribution in [0.5, 0.6) is 0 Å². The molecule has 0 aromatic carbocycles. The highest BCUT2D eigenvalue weighted by Crippen LogP contribution is 2.35. The lowest BCUT2D eigenvalue weighted by molar-refractivity contribution is 0.244. The molecule has 23 heavy (non-hydrogen) atoms. The molecule has 7 nitrogen and oxygen atoms in total. The molecule has 0 bridgehead atoms. The van der Waals surface area contributed by atoms with Crippen molar-refractivity contribution < 1.29 is 9.63 Å². The summed E-state index contributed by atoms with van der Waals surface area (Å²) in [6, 6.07) is 0. The number of nitrogen functional groups attached to an aromatic ring is 1. The van der Waals surface area contributed by atoms with E-state index < -0.39 is 8.32 Å². The molecule has 3 N–H and O–H groups in total. The largest absolute Gasteiger partial charge is 0.467 e. The Kier molecular flexibility index (Phi) is 4.95. The quantitative estimate of drug-likeness (QED) is 0.619. The van der Waals surface area contributed by atoms with Crippen molar-refractivity contribution >= 4 is 25.3 Å². The van der Waals surface area contributed by atoms with E-state index in [1.54, 1.807) is 4.73 Å². The molecule has 2 heterocycles. The number of aliphatic hydroxyl groups is 1. The Balaban J connectivity index is 2.46. The van der Waals surface area contributed by atoms with E-state index in [9.17, 15) is 0 Å². The fraction of sp³-hybridized carbons (Fsp3) is 0.667. The topological polar surface area (TPSA) is 99.1 Å². The van der Waals surface area contributed by atoms with Crippen LogP contribution in [0, 0.1) is 0 Å². The van der Waals surface area contributed by atoms with Crippen molar-refractivity contribution in [1.82, 2.24) is 19.7 Å². The molecule has 0 fully saturated rings. The summed E-state index contributed by atoms with van der Waals surface area (Å²) in [5.41, 5.74) is 7.12. The summed E-state index contributed by atoms with van der Waals surface area (Å²) in [6.07, 6.45) is 3.69. The van der Waals surface area contributed by atoms with Crippen molar-refractivity contribution in [2.75, 3.05) is 12.3 Å². The Morgan fingerprint density at radius 3 is 2.57 bits per heavy atom. The molecular formula is C15H27N5O2Si. The highest BCUT2D eigenvalue weighted by Gasteiger charge is 2.41. The van der Waals surface area contributed by atoms with Crippen LogP contribution in [0.25, 0.3) is 11.2 Å². The van der Waals surface area contributed by atoms with Gasteiger partial charge in [-0.15, -0.1) is 0 Å². The Morgan fingerprint density at radius 1 is 1.26 bits per heavy atom. The van der Waals surface area contributed by atoms with Crippen molar-refractivity contribution in [2.24, 2.45) is 0 Å². The molecule has 0 saturated heterocycles. The van der Waals surface area contributed by atoms with E-state index in [0.717, 1.165) is 18.7 Å². The minimum Gasteiger partial charge on any atom is -0.467 e. The van der Waals surface area contributed by atoms with E-state index in [-0.39, 0.29) is 11.6 Å². The lowest BCUT2D eigenvalue weighted by Crippen LogP contribution is -2.48. The summed E-state index contributed by atoms with van der Waals surface area (Å²) >= 11 is 0. The summed E-state index contributed by atoms with van der Waals surface area (Å²) in [5, 5.41) is 9.06. The number of nitrogens with zero attached hydrogens (tertiary/aromatic N) is 4. The molecule has 0 unspecified atom stereocenters. The Morgan fingerprint density at radius 2 is 1.96 bits per heavy atom. The lowest BCUT2D eigenvalue weighted by atomic mass is 10.2. The van der Waals surface area contributed by atoms with Crippen LogP contribution in [0.15, 0.2) is 6.33 Å². The monoisotopic (exact) mass is 337 g/mol. The molecule has 2 aromatic heterocycles. The standard InChI is InChI=1S/C15H27N5O2Si/c1-15(2,3)23(4,5)22-20-11(8-6-7-9-21)19-12-13(16)17-10-18-14(12)20/h10,21H,6-9H2,1-5H3,(H2,16,17,18). The number of hydrogen-bond acceptors (Lipinski definition) is 6. The number of imidazole rings is 1. The van der Waals surface area contributed by atoms with Gasteiger partial charge in [-0.1, -0.05) is 20.8 Å². The van der Waals surface area contributed by atoms with Crippen molar-refractivity contribution in [3.8, 4) is 0 Å². The molecule has 8 heteroatoms. The normalized spacial score (nSPS) is 12.8. The third kappa shape index (κ3) is 3.64. The zero-order valence-corrected chi connectivity index (χ0v) is 15.6. The summed E-state index contributed by atoms with van der Waals surface area (Å²) < 4.78 is 8.16. The number of anilines is 1. The molecule has 2 aromatic rings. The van der Waals surface area contributed by atoms with Crippen LogP contribution in [0.1, 0.15) is 39.4 Å². The number of nitrogens with two attached hydrogens (primary N) is 1. The predicted octanol–water partition coefficient (Wildman–Crippen LogP) is 2.16. The molecular weight excluding hydrogens is 310 g/mol. The van der Waals surface area contributed by atoms with E-state index in [1.807, 2.05) is 0 Å². The second kappa shape index (κ2) is 6.44. The predicted molar refractivity (Wildman–Crippen MR) is 93.5 cm³/mol. The zero-order valence-electron chi connectivity index (χ0n) is 14.6.